The number of amides is 2. The van der Waals surface area contributed by atoms with Gasteiger partial charge in [0.25, 0.3) is 5.91 Å². The maximum absolute atomic E-state index is 12.5. The van der Waals surface area contributed by atoms with Gasteiger partial charge in [0.2, 0.25) is 5.91 Å². The van der Waals surface area contributed by atoms with Crippen molar-refractivity contribution in [3.63, 3.8) is 0 Å². The number of nitrogens with one attached hydrogen (secondary N) is 2. The van der Waals surface area contributed by atoms with Gasteiger partial charge in [-0.15, -0.1) is 0 Å². The summed E-state index contributed by atoms with van der Waals surface area (Å²) < 4.78 is 0. The fraction of sp³-hybridized carbons (Fsp3) is 0.769. The Hall–Kier alpha value is -1.43. The topological polar surface area (TPSA) is 73.8 Å². The maximum Gasteiger partial charge on any atom is 0.270 e. The van der Waals surface area contributed by atoms with Crippen LogP contribution in [0.2, 0.25) is 0 Å². The van der Waals surface area contributed by atoms with E-state index in [2.05, 4.69) is 15.8 Å². The quantitative estimate of drug-likeness (QED) is 0.750. The van der Waals surface area contributed by atoms with Crippen LogP contribution in [0.1, 0.15) is 38.5 Å². The van der Waals surface area contributed by atoms with Crippen molar-refractivity contribution in [2.75, 3.05) is 13.1 Å². The molecule has 0 aromatic heterocycles. The number of rotatable bonds is 4. The fourth-order valence-corrected chi connectivity index (χ4v) is 2.73. The van der Waals surface area contributed by atoms with Gasteiger partial charge >= 0.3 is 0 Å². The standard InChI is InChI=1S/C13H20N4O2/c18-12-6-5-11(15-16-12)13(19)17(10-3-4-10)8-9-2-1-7-14-9/h9-10,14H,1-8H2,(H,16,18). The Bertz CT molecular complexity index is 411. The second kappa shape index (κ2) is 5.28. The largest absolute Gasteiger partial charge is 0.333 e. The molecule has 0 aromatic carbocycles. The second-order valence-electron chi connectivity index (χ2n) is 5.58. The molecule has 2 amide bonds. The van der Waals surface area contributed by atoms with E-state index >= 15 is 0 Å². The minimum absolute atomic E-state index is 0.0104. The van der Waals surface area contributed by atoms with Gasteiger partial charge in [0.15, 0.2) is 0 Å². The van der Waals surface area contributed by atoms with Crippen molar-refractivity contribution in [2.45, 2.75) is 50.6 Å². The lowest BCUT2D eigenvalue weighted by atomic mass is 10.1. The van der Waals surface area contributed by atoms with Crippen LogP contribution in [-0.4, -0.2) is 47.6 Å². The molecule has 6 heteroatoms. The number of hydrazone groups is 1. The minimum atomic E-state index is -0.105. The van der Waals surface area contributed by atoms with E-state index in [4.69, 9.17) is 0 Å². The number of nitrogens with zero attached hydrogens (tertiary/aromatic N) is 2. The number of carbonyl (C=O) groups excluding carboxylic acids is 2. The first-order valence-corrected chi connectivity index (χ1v) is 7.14. The summed E-state index contributed by atoms with van der Waals surface area (Å²) in [6.45, 7) is 1.82. The van der Waals surface area contributed by atoms with E-state index in [9.17, 15) is 9.59 Å². The van der Waals surface area contributed by atoms with Crippen molar-refractivity contribution in [1.82, 2.24) is 15.6 Å². The highest BCUT2D eigenvalue weighted by atomic mass is 16.2. The average molecular weight is 264 g/mol. The van der Waals surface area contributed by atoms with Crippen LogP contribution >= 0.6 is 0 Å². The van der Waals surface area contributed by atoms with Gasteiger partial charge in [-0.25, -0.2) is 5.43 Å². The highest BCUT2D eigenvalue weighted by molar-refractivity contribution is 6.39. The molecule has 2 N–H and O–H groups in total. The zero-order valence-corrected chi connectivity index (χ0v) is 11.0. The minimum Gasteiger partial charge on any atom is -0.333 e. The van der Waals surface area contributed by atoms with Crippen molar-refractivity contribution in [3.05, 3.63) is 0 Å². The Morgan fingerprint density at radius 1 is 1.32 bits per heavy atom. The smallest absolute Gasteiger partial charge is 0.270 e. The SMILES string of the molecule is O=C1CCC(C(=O)N(CC2CCCN2)C2CC2)=NN1. The van der Waals surface area contributed by atoms with Gasteiger partial charge in [0.05, 0.1) is 0 Å². The maximum atomic E-state index is 12.5. The summed E-state index contributed by atoms with van der Waals surface area (Å²) in [5.74, 6) is -0.0943. The molecule has 1 saturated carbocycles. The summed E-state index contributed by atoms with van der Waals surface area (Å²) in [4.78, 5) is 25.5. The predicted molar refractivity (Wildman–Crippen MR) is 70.6 cm³/mol. The molecule has 3 aliphatic rings. The third-order valence-electron chi connectivity index (χ3n) is 3.98. The third kappa shape index (κ3) is 2.94. The third-order valence-corrected chi connectivity index (χ3v) is 3.98. The van der Waals surface area contributed by atoms with Crippen LogP contribution in [-0.2, 0) is 9.59 Å². The summed E-state index contributed by atoms with van der Waals surface area (Å²) in [6, 6.07) is 0.804. The molecule has 1 saturated heterocycles. The fourth-order valence-electron chi connectivity index (χ4n) is 2.73. The van der Waals surface area contributed by atoms with Gasteiger partial charge in [-0.2, -0.15) is 5.10 Å². The summed E-state index contributed by atoms with van der Waals surface area (Å²) in [5.41, 5.74) is 2.91. The molecule has 3 rings (SSSR count). The molecule has 0 spiro atoms. The predicted octanol–water partition coefficient (Wildman–Crippen LogP) is -0.00460. The van der Waals surface area contributed by atoms with Crippen molar-refractivity contribution >= 4 is 17.5 Å². The van der Waals surface area contributed by atoms with Crippen LogP contribution in [0, 0.1) is 0 Å². The highest BCUT2D eigenvalue weighted by Crippen LogP contribution is 2.28. The van der Waals surface area contributed by atoms with Crippen LogP contribution in [0.4, 0.5) is 0 Å². The second-order valence-corrected chi connectivity index (χ2v) is 5.58. The Balaban J connectivity index is 1.65. The van der Waals surface area contributed by atoms with Crippen LogP contribution in [0.5, 0.6) is 0 Å². The molecule has 1 atom stereocenters. The van der Waals surface area contributed by atoms with E-state index in [1.54, 1.807) is 0 Å². The highest BCUT2D eigenvalue weighted by Gasteiger charge is 2.36. The van der Waals surface area contributed by atoms with E-state index in [0.29, 0.717) is 30.6 Å². The van der Waals surface area contributed by atoms with Crippen LogP contribution in [0.3, 0.4) is 0 Å². The summed E-state index contributed by atoms with van der Waals surface area (Å²) in [6.07, 6.45) is 5.35. The molecule has 19 heavy (non-hydrogen) atoms. The molecule has 0 aromatic rings. The van der Waals surface area contributed by atoms with Gasteiger partial charge in [-0.05, 0) is 32.2 Å². The summed E-state index contributed by atoms with van der Waals surface area (Å²) in [7, 11) is 0. The lowest BCUT2D eigenvalue weighted by Crippen LogP contribution is -2.46. The molecule has 2 aliphatic heterocycles. The molecule has 0 bridgehead atoms. The molecule has 2 fully saturated rings. The molecule has 104 valence electrons. The Kier molecular flexibility index (Phi) is 3.50. The van der Waals surface area contributed by atoms with E-state index in [0.717, 1.165) is 32.4 Å². The molecule has 1 aliphatic carbocycles. The summed E-state index contributed by atoms with van der Waals surface area (Å²) >= 11 is 0. The Morgan fingerprint density at radius 2 is 2.16 bits per heavy atom. The molecule has 1 unspecified atom stereocenters. The molecular weight excluding hydrogens is 244 g/mol. The first-order chi connectivity index (χ1) is 9.24. The number of carbonyl (C=O) groups is 2. The van der Waals surface area contributed by atoms with E-state index < -0.39 is 0 Å². The number of hydrogen-bond acceptors (Lipinski definition) is 4. The lowest BCUT2D eigenvalue weighted by molar-refractivity contribution is -0.125. The Morgan fingerprint density at radius 3 is 2.74 bits per heavy atom. The van der Waals surface area contributed by atoms with Crippen molar-refractivity contribution in [2.24, 2.45) is 5.10 Å². The Labute approximate surface area is 112 Å². The van der Waals surface area contributed by atoms with Gasteiger partial charge in [0.1, 0.15) is 5.71 Å². The monoisotopic (exact) mass is 264 g/mol. The molecular formula is C13H20N4O2. The molecule has 6 nitrogen and oxygen atoms in total. The lowest BCUT2D eigenvalue weighted by Gasteiger charge is -2.27. The van der Waals surface area contributed by atoms with Gasteiger partial charge < -0.3 is 10.2 Å². The average Bonchev–Trinajstić information content (AvgIpc) is 3.13. The van der Waals surface area contributed by atoms with Crippen molar-refractivity contribution in [1.29, 1.82) is 0 Å². The normalized spacial score (nSPS) is 26.8. The van der Waals surface area contributed by atoms with Crippen molar-refractivity contribution < 1.29 is 9.59 Å². The first-order valence-electron chi connectivity index (χ1n) is 7.14. The van der Waals surface area contributed by atoms with E-state index in [1.807, 2.05) is 4.90 Å². The number of hydrogen-bond donors (Lipinski definition) is 2. The molecule has 0 radical (unpaired) electrons. The van der Waals surface area contributed by atoms with Crippen LogP contribution < -0.4 is 10.7 Å². The summed E-state index contributed by atoms with van der Waals surface area (Å²) in [5, 5.41) is 7.35. The van der Waals surface area contributed by atoms with Gasteiger partial charge in [-0.3, -0.25) is 9.59 Å². The van der Waals surface area contributed by atoms with Crippen LogP contribution in [0.25, 0.3) is 0 Å². The molecule has 2 heterocycles. The van der Waals surface area contributed by atoms with Gasteiger partial charge in [0, 0.05) is 31.5 Å². The van der Waals surface area contributed by atoms with Crippen molar-refractivity contribution in [3.8, 4) is 0 Å². The zero-order chi connectivity index (χ0) is 13.2. The van der Waals surface area contributed by atoms with Crippen LogP contribution in [0.15, 0.2) is 5.10 Å². The van der Waals surface area contributed by atoms with E-state index in [1.165, 1.54) is 6.42 Å². The van der Waals surface area contributed by atoms with E-state index in [-0.39, 0.29) is 11.8 Å². The first kappa shape index (κ1) is 12.6. The zero-order valence-electron chi connectivity index (χ0n) is 11.0. The van der Waals surface area contributed by atoms with Gasteiger partial charge in [-0.1, -0.05) is 0 Å².